The van der Waals surface area contributed by atoms with Gasteiger partial charge in [0, 0.05) is 10.0 Å². The molecule has 2 aromatic rings. The molecule has 2 heteroatoms. The van der Waals surface area contributed by atoms with E-state index >= 15 is 0 Å². The molecule has 0 unspecified atom stereocenters. The number of aryl methyl sites for hydroxylation is 1. The Morgan fingerprint density at radius 1 is 0.947 bits per heavy atom. The van der Waals surface area contributed by atoms with E-state index in [4.69, 9.17) is 4.74 Å². The van der Waals surface area contributed by atoms with Crippen molar-refractivity contribution < 1.29 is 4.74 Å². The third-order valence-electron chi connectivity index (χ3n) is 3.11. The van der Waals surface area contributed by atoms with Crippen molar-refractivity contribution in [1.82, 2.24) is 0 Å². The van der Waals surface area contributed by atoms with Crippen LogP contribution in [-0.2, 0) is 13.0 Å². The van der Waals surface area contributed by atoms with Crippen molar-refractivity contribution in [2.45, 2.75) is 32.8 Å². The lowest BCUT2D eigenvalue weighted by Crippen LogP contribution is -1.99. The van der Waals surface area contributed by atoms with Crippen molar-refractivity contribution in [3.05, 3.63) is 64.1 Å². The molecule has 2 rings (SSSR count). The first kappa shape index (κ1) is 14.1. The first-order valence-electron chi connectivity index (χ1n) is 6.75. The molecular formula is C17H19BrO. The van der Waals surface area contributed by atoms with Crippen molar-refractivity contribution >= 4 is 15.9 Å². The van der Waals surface area contributed by atoms with Crippen molar-refractivity contribution in [1.29, 1.82) is 0 Å². The molecule has 0 bridgehead atoms. The van der Waals surface area contributed by atoms with Crippen molar-refractivity contribution in [2.75, 3.05) is 0 Å². The van der Waals surface area contributed by atoms with Gasteiger partial charge in [0.2, 0.25) is 0 Å². The van der Waals surface area contributed by atoms with E-state index in [2.05, 4.69) is 47.1 Å². The number of unbranched alkanes of at least 4 members (excludes halogenated alkanes) is 1. The summed E-state index contributed by atoms with van der Waals surface area (Å²) in [6.45, 7) is 2.81. The van der Waals surface area contributed by atoms with Crippen molar-refractivity contribution in [2.24, 2.45) is 0 Å². The van der Waals surface area contributed by atoms with Crippen LogP contribution < -0.4 is 4.74 Å². The second kappa shape index (κ2) is 7.34. The Morgan fingerprint density at radius 3 is 2.37 bits per heavy atom. The Hall–Kier alpha value is -1.28. The molecule has 0 spiro atoms. The van der Waals surface area contributed by atoms with Gasteiger partial charge in [0.15, 0.2) is 0 Å². The first-order chi connectivity index (χ1) is 9.31. The van der Waals surface area contributed by atoms with E-state index in [0.29, 0.717) is 6.61 Å². The highest BCUT2D eigenvalue weighted by Gasteiger charge is 2.04. The van der Waals surface area contributed by atoms with Crippen molar-refractivity contribution in [3.63, 3.8) is 0 Å². The van der Waals surface area contributed by atoms with Gasteiger partial charge in [-0.2, -0.15) is 0 Å². The number of para-hydroxylation sites is 1. The van der Waals surface area contributed by atoms with Gasteiger partial charge in [-0.15, -0.1) is 0 Å². The third-order valence-corrected chi connectivity index (χ3v) is 3.89. The minimum atomic E-state index is 0.602. The van der Waals surface area contributed by atoms with Crippen LogP contribution in [0, 0.1) is 0 Å². The van der Waals surface area contributed by atoms with E-state index in [-0.39, 0.29) is 0 Å². The molecule has 1 nitrogen and oxygen atoms in total. The molecule has 0 aromatic heterocycles. The van der Waals surface area contributed by atoms with Gasteiger partial charge in [0.1, 0.15) is 12.4 Å². The topological polar surface area (TPSA) is 9.23 Å². The van der Waals surface area contributed by atoms with E-state index in [1.807, 2.05) is 24.3 Å². The molecule has 0 aliphatic carbocycles. The molecule has 0 saturated carbocycles. The number of halogens is 1. The summed E-state index contributed by atoms with van der Waals surface area (Å²) in [5.74, 6) is 1.01. The summed E-state index contributed by atoms with van der Waals surface area (Å²) in [4.78, 5) is 0. The highest BCUT2D eigenvalue weighted by molar-refractivity contribution is 9.10. The zero-order valence-electron chi connectivity index (χ0n) is 11.2. The van der Waals surface area contributed by atoms with Crippen LogP contribution in [0.2, 0.25) is 0 Å². The molecule has 0 radical (unpaired) electrons. The van der Waals surface area contributed by atoms with Gasteiger partial charge in [-0.1, -0.05) is 65.7 Å². The summed E-state index contributed by atoms with van der Waals surface area (Å²) < 4.78 is 7.07. The molecule has 0 amide bonds. The summed E-state index contributed by atoms with van der Waals surface area (Å²) in [6.07, 6.45) is 3.50. The molecule has 0 saturated heterocycles. The zero-order valence-corrected chi connectivity index (χ0v) is 12.8. The van der Waals surface area contributed by atoms with E-state index in [9.17, 15) is 0 Å². The van der Waals surface area contributed by atoms with Crippen LogP contribution in [0.4, 0.5) is 0 Å². The standard InChI is InChI=1S/C17H19BrO/c1-2-3-8-14-9-5-7-12-17(14)19-13-15-10-4-6-11-16(15)18/h4-7,9-12H,2-3,8,13H2,1H3. The predicted octanol–water partition coefficient (Wildman–Crippen LogP) is 5.37. The molecule has 19 heavy (non-hydrogen) atoms. The Morgan fingerprint density at radius 2 is 1.63 bits per heavy atom. The molecule has 0 fully saturated rings. The summed E-state index contributed by atoms with van der Waals surface area (Å²) in [7, 11) is 0. The van der Waals surface area contributed by atoms with Crippen LogP contribution in [-0.4, -0.2) is 0 Å². The fraction of sp³-hybridized carbons (Fsp3) is 0.294. The lowest BCUT2D eigenvalue weighted by atomic mass is 10.1. The van der Waals surface area contributed by atoms with E-state index in [1.165, 1.54) is 24.0 Å². The molecular weight excluding hydrogens is 300 g/mol. The van der Waals surface area contributed by atoms with Gasteiger partial charge in [-0.25, -0.2) is 0 Å². The second-order valence-electron chi connectivity index (χ2n) is 4.59. The molecule has 2 aromatic carbocycles. The van der Waals surface area contributed by atoms with Crippen LogP contribution in [0.15, 0.2) is 53.0 Å². The third kappa shape index (κ3) is 4.10. The lowest BCUT2D eigenvalue weighted by molar-refractivity contribution is 0.302. The zero-order chi connectivity index (χ0) is 13.5. The molecule has 0 heterocycles. The molecule has 100 valence electrons. The van der Waals surface area contributed by atoms with E-state index in [0.717, 1.165) is 16.6 Å². The molecule has 0 atom stereocenters. The Labute approximate surface area is 123 Å². The van der Waals surface area contributed by atoms with Gasteiger partial charge in [-0.3, -0.25) is 0 Å². The van der Waals surface area contributed by atoms with Gasteiger partial charge in [-0.05, 0) is 30.5 Å². The monoisotopic (exact) mass is 318 g/mol. The average Bonchev–Trinajstić information content (AvgIpc) is 2.45. The summed E-state index contributed by atoms with van der Waals surface area (Å²) in [5, 5.41) is 0. The smallest absolute Gasteiger partial charge is 0.122 e. The summed E-state index contributed by atoms with van der Waals surface area (Å²) >= 11 is 3.55. The van der Waals surface area contributed by atoms with Gasteiger partial charge < -0.3 is 4.74 Å². The minimum absolute atomic E-state index is 0.602. The fourth-order valence-electron chi connectivity index (χ4n) is 1.99. The van der Waals surface area contributed by atoms with Crippen LogP contribution in [0.1, 0.15) is 30.9 Å². The van der Waals surface area contributed by atoms with Crippen LogP contribution >= 0.6 is 15.9 Å². The number of ether oxygens (including phenoxy) is 1. The van der Waals surface area contributed by atoms with Gasteiger partial charge in [0.05, 0.1) is 0 Å². The molecule has 0 aliphatic heterocycles. The van der Waals surface area contributed by atoms with Crippen molar-refractivity contribution in [3.8, 4) is 5.75 Å². The maximum absolute atomic E-state index is 5.97. The first-order valence-corrected chi connectivity index (χ1v) is 7.54. The number of hydrogen-bond acceptors (Lipinski definition) is 1. The highest BCUT2D eigenvalue weighted by atomic mass is 79.9. The highest BCUT2D eigenvalue weighted by Crippen LogP contribution is 2.23. The summed E-state index contributed by atoms with van der Waals surface area (Å²) in [5.41, 5.74) is 2.48. The Bertz CT molecular complexity index is 522. The maximum atomic E-state index is 5.97. The van der Waals surface area contributed by atoms with Gasteiger partial charge >= 0.3 is 0 Å². The van der Waals surface area contributed by atoms with Crippen LogP contribution in [0.5, 0.6) is 5.75 Å². The Balaban J connectivity index is 2.05. The maximum Gasteiger partial charge on any atom is 0.122 e. The molecule has 0 aliphatic rings. The SMILES string of the molecule is CCCCc1ccccc1OCc1ccccc1Br. The second-order valence-corrected chi connectivity index (χ2v) is 5.45. The summed E-state index contributed by atoms with van der Waals surface area (Å²) in [6, 6.07) is 16.5. The lowest BCUT2D eigenvalue weighted by Gasteiger charge is -2.12. The number of benzene rings is 2. The molecule has 0 N–H and O–H groups in total. The normalized spacial score (nSPS) is 10.4. The predicted molar refractivity (Wildman–Crippen MR) is 83.5 cm³/mol. The fourth-order valence-corrected chi connectivity index (χ4v) is 2.39. The average molecular weight is 319 g/mol. The number of hydrogen-bond donors (Lipinski definition) is 0. The van der Waals surface area contributed by atoms with Crippen LogP contribution in [0.25, 0.3) is 0 Å². The number of rotatable bonds is 6. The Kier molecular flexibility index (Phi) is 5.46. The van der Waals surface area contributed by atoms with E-state index in [1.54, 1.807) is 0 Å². The van der Waals surface area contributed by atoms with Gasteiger partial charge in [0.25, 0.3) is 0 Å². The minimum Gasteiger partial charge on any atom is -0.489 e. The van der Waals surface area contributed by atoms with Crippen LogP contribution in [0.3, 0.4) is 0 Å². The van der Waals surface area contributed by atoms with E-state index < -0.39 is 0 Å². The largest absolute Gasteiger partial charge is 0.489 e. The quantitative estimate of drug-likeness (QED) is 0.695.